The van der Waals surface area contributed by atoms with Crippen molar-refractivity contribution in [2.45, 2.75) is 13.1 Å². The molecule has 2 N–H and O–H groups in total. The van der Waals surface area contributed by atoms with Gasteiger partial charge in [0.05, 0.1) is 18.4 Å². The van der Waals surface area contributed by atoms with E-state index in [4.69, 9.17) is 16.3 Å². The highest BCUT2D eigenvalue weighted by Crippen LogP contribution is 2.32. The predicted molar refractivity (Wildman–Crippen MR) is 100 cm³/mol. The number of carbonyl (C=O) groups is 1. The van der Waals surface area contributed by atoms with Crippen LogP contribution in [0.5, 0.6) is 5.75 Å². The molecule has 0 heterocycles. The number of amides is 1. The fourth-order valence-electron chi connectivity index (χ4n) is 2.22. The van der Waals surface area contributed by atoms with E-state index in [1.165, 1.54) is 13.2 Å². The van der Waals surface area contributed by atoms with E-state index in [1.54, 1.807) is 25.1 Å². The standard InChI is InChI=1S/C19H15ClF3N3O2/c1-11-6-16(17(28-2)8-15(11)20)25-10-12(9-24)18(27)26-14-5-3-4-13(7-14)19(21,22)23/h3-8,10,25H,1-2H3,(H,26,27)/b12-10-. The van der Waals surface area contributed by atoms with Crippen molar-refractivity contribution in [2.24, 2.45) is 0 Å². The molecule has 0 aliphatic heterocycles. The second-order valence-electron chi connectivity index (χ2n) is 5.65. The third kappa shape index (κ3) is 5.18. The Kier molecular flexibility index (Phi) is 6.54. The summed E-state index contributed by atoms with van der Waals surface area (Å²) in [5.74, 6) is -0.471. The molecule has 0 aliphatic rings. The average Bonchev–Trinajstić information content (AvgIpc) is 2.64. The molecule has 0 saturated heterocycles. The maximum Gasteiger partial charge on any atom is 0.416 e. The Bertz CT molecular complexity index is 966. The highest BCUT2D eigenvalue weighted by atomic mass is 35.5. The van der Waals surface area contributed by atoms with Crippen LogP contribution in [0, 0.1) is 18.3 Å². The Morgan fingerprint density at radius 3 is 2.61 bits per heavy atom. The third-order valence-electron chi connectivity index (χ3n) is 3.67. The molecule has 146 valence electrons. The van der Waals surface area contributed by atoms with E-state index in [0.29, 0.717) is 16.5 Å². The van der Waals surface area contributed by atoms with Crippen LogP contribution in [-0.2, 0) is 11.0 Å². The monoisotopic (exact) mass is 409 g/mol. The highest BCUT2D eigenvalue weighted by Gasteiger charge is 2.30. The minimum Gasteiger partial charge on any atom is -0.495 e. The number of benzene rings is 2. The number of alkyl halides is 3. The summed E-state index contributed by atoms with van der Waals surface area (Å²) in [6.45, 7) is 1.77. The molecule has 0 radical (unpaired) electrons. The van der Waals surface area contributed by atoms with E-state index in [2.05, 4.69) is 10.6 Å². The number of hydrogen-bond donors (Lipinski definition) is 2. The summed E-state index contributed by atoms with van der Waals surface area (Å²) in [5, 5.41) is 14.7. The molecule has 2 rings (SSSR count). The average molecular weight is 410 g/mol. The van der Waals surface area contributed by atoms with Gasteiger partial charge in [0.1, 0.15) is 17.4 Å². The van der Waals surface area contributed by atoms with E-state index < -0.39 is 17.6 Å². The Balaban J connectivity index is 2.21. The van der Waals surface area contributed by atoms with Gasteiger partial charge in [0, 0.05) is 23.0 Å². The molecule has 9 heteroatoms. The molecule has 5 nitrogen and oxygen atoms in total. The molecular formula is C19H15ClF3N3O2. The summed E-state index contributed by atoms with van der Waals surface area (Å²) in [4.78, 5) is 12.2. The molecule has 2 aromatic rings. The molecule has 0 unspecified atom stereocenters. The Labute approximate surface area is 164 Å². The van der Waals surface area contributed by atoms with Gasteiger partial charge < -0.3 is 15.4 Å². The maximum absolute atomic E-state index is 12.8. The lowest BCUT2D eigenvalue weighted by atomic mass is 10.2. The van der Waals surface area contributed by atoms with Crippen LogP contribution in [-0.4, -0.2) is 13.0 Å². The highest BCUT2D eigenvalue weighted by molar-refractivity contribution is 6.31. The Morgan fingerprint density at radius 2 is 2.00 bits per heavy atom. The second kappa shape index (κ2) is 8.67. The number of methoxy groups -OCH3 is 1. The molecule has 0 saturated carbocycles. The minimum atomic E-state index is -4.54. The Hall–Kier alpha value is -3.18. The van der Waals surface area contributed by atoms with Gasteiger partial charge in [-0.15, -0.1) is 0 Å². The number of rotatable bonds is 5. The van der Waals surface area contributed by atoms with E-state index in [9.17, 15) is 23.2 Å². The normalized spacial score (nSPS) is 11.5. The zero-order valence-corrected chi connectivity index (χ0v) is 15.6. The van der Waals surface area contributed by atoms with E-state index in [0.717, 1.165) is 30.0 Å². The molecule has 0 fully saturated rings. The first-order chi connectivity index (χ1) is 13.2. The number of ether oxygens (including phenoxy) is 1. The van der Waals surface area contributed by atoms with Crippen LogP contribution in [0.1, 0.15) is 11.1 Å². The number of carbonyl (C=O) groups excluding carboxylic acids is 1. The largest absolute Gasteiger partial charge is 0.495 e. The molecular weight excluding hydrogens is 395 g/mol. The first-order valence-electron chi connectivity index (χ1n) is 7.85. The number of aryl methyl sites for hydroxylation is 1. The molecule has 0 aromatic heterocycles. The first kappa shape index (κ1) is 21.1. The van der Waals surface area contributed by atoms with E-state index in [1.807, 2.05) is 0 Å². The molecule has 0 atom stereocenters. The third-order valence-corrected chi connectivity index (χ3v) is 4.07. The van der Waals surface area contributed by atoms with E-state index in [-0.39, 0.29) is 11.3 Å². The van der Waals surface area contributed by atoms with Crippen molar-refractivity contribution in [3.05, 3.63) is 64.3 Å². The molecule has 2 aromatic carbocycles. The quantitative estimate of drug-likeness (QED) is 0.530. The number of nitrogens with one attached hydrogen (secondary N) is 2. The topological polar surface area (TPSA) is 74.1 Å². The minimum absolute atomic E-state index is 0.0825. The molecule has 0 spiro atoms. The summed E-state index contributed by atoms with van der Waals surface area (Å²) >= 11 is 6.02. The van der Waals surface area contributed by atoms with Crippen molar-refractivity contribution < 1.29 is 22.7 Å². The number of hydrogen-bond acceptors (Lipinski definition) is 4. The van der Waals surface area contributed by atoms with Crippen LogP contribution >= 0.6 is 11.6 Å². The van der Waals surface area contributed by atoms with Crippen LogP contribution in [0.4, 0.5) is 24.5 Å². The summed E-state index contributed by atoms with van der Waals surface area (Å²) < 4.78 is 43.5. The fourth-order valence-corrected chi connectivity index (χ4v) is 2.37. The van der Waals surface area contributed by atoms with Gasteiger partial charge in [0.25, 0.3) is 5.91 Å². The van der Waals surface area contributed by atoms with Crippen LogP contribution < -0.4 is 15.4 Å². The van der Waals surface area contributed by atoms with Gasteiger partial charge in [-0.05, 0) is 36.8 Å². The van der Waals surface area contributed by atoms with Crippen LogP contribution in [0.3, 0.4) is 0 Å². The van der Waals surface area contributed by atoms with Crippen LogP contribution in [0.25, 0.3) is 0 Å². The number of nitriles is 1. The lowest BCUT2D eigenvalue weighted by molar-refractivity contribution is -0.137. The summed E-state index contributed by atoms with van der Waals surface area (Å²) in [5.41, 5.74) is -0.130. The molecule has 0 bridgehead atoms. The van der Waals surface area contributed by atoms with Crippen LogP contribution in [0.15, 0.2) is 48.2 Å². The van der Waals surface area contributed by atoms with Crippen molar-refractivity contribution in [1.29, 1.82) is 5.26 Å². The van der Waals surface area contributed by atoms with Crippen molar-refractivity contribution in [3.8, 4) is 11.8 Å². The number of anilines is 2. The molecule has 0 aliphatic carbocycles. The van der Waals surface area contributed by atoms with Gasteiger partial charge in [-0.1, -0.05) is 17.7 Å². The second-order valence-corrected chi connectivity index (χ2v) is 6.06. The smallest absolute Gasteiger partial charge is 0.416 e. The van der Waals surface area contributed by atoms with Gasteiger partial charge in [0.15, 0.2) is 0 Å². The SMILES string of the molecule is COc1cc(Cl)c(C)cc1N/C=C(/C#N)C(=O)Nc1cccc(C(F)(F)F)c1. The summed E-state index contributed by atoms with van der Waals surface area (Å²) in [6, 6.07) is 9.05. The van der Waals surface area contributed by atoms with Crippen molar-refractivity contribution >= 4 is 28.9 Å². The summed E-state index contributed by atoms with van der Waals surface area (Å²) in [6.07, 6.45) is -3.41. The van der Waals surface area contributed by atoms with Crippen LogP contribution in [0.2, 0.25) is 5.02 Å². The zero-order valence-electron chi connectivity index (χ0n) is 14.8. The van der Waals surface area contributed by atoms with Gasteiger partial charge >= 0.3 is 6.18 Å². The molecule has 28 heavy (non-hydrogen) atoms. The Morgan fingerprint density at radius 1 is 1.29 bits per heavy atom. The van der Waals surface area contributed by atoms with Crippen molar-refractivity contribution in [1.82, 2.24) is 0 Å². The number of nitrogens with zero attached hydrogens (tertiary/aromatic N) is 1. The van der Waals surface area contributed by atoms with Gasteiger partial charge in [-0.3, -0.25) is 4.79 Å². The van der Waals surface area contributed by atoms with E-state index >= 15 is 0 Å². The molecule has 1 amide bonds. The van der Waals surface area contributed by atoms with Gasteiger partial charge in [-0.25, -0.2) is 0 Å². The summed E-state index contributed by atoms with van der Waals surface area (Å²) in [7, 11) is 1.43. The van der Waals surface area contributed by atoms with Crippen molar-refractivity contribution in [3.63, 3.8) is 0 Å². The predicted octanol–water partition coefficient (Wildman–Crippen LogP) is 5.13. The fraction of sp³-hybridized carbons (Fsp3) is 0.158. The zero-order chi connectivity index (χ0) is 20.9. The van der Waals surface area contributed by atoms with Gasteiger partial charge in [-0.2, -0.15) is 18.4 Å². The maximum atomic E-state index is 12.8. The number of halogens is 4. The van der Waals surface area contributed by atoms with Crippen molar-refractivity contribution in [2.75, 3.05) is 17.7 Å². The first-order valence-corrected chi connectivity index (χ1v) is 8.23. The lowest BCUT2D eigenvalue weighted by Gasteiger charge is -2.11. The van der Waals surface area contributed by atoms with Gasteiger partial charge in [0.2, 0.25) is 0 Å². The lowest BCUT2D eigenvalue weighted by Crippen LogP contribution is -2.15.